The molecule has 0 radical (unpaired) electrons. The molecular weight excluding hydrogens is 377 g/mol. The number of likely N-dealkylation sites (tertiary alicyclic amines) is 1. The van der Waals surface area contributed by atoms with E-state index in [1.165, 1.54) is 36.3 Å². The van der Waals surface area contributed by atoms with Gasteiger partial charge in [-0.05, 0) is 31.4 Å². The lowest BCUT2D eigenvalue weighted by Crippen LogP contribution is -2.49. The first kappa shape index (κ1) is 19.9. The van der Waals surface area contributed by atoms with Crippen LogP contribution in [0.2, 0.25) is 0 Å². The van der Waals surface area contributed by atoms with Crippen molar-refractivity contribution >= 4 is 12.0 Å². The van der Waals surface area contributed by atoms with E-state index in [0.717, 1.165) is 19.5 Å². The highest BCUT2D eigenvalue weighted by atomic mass is 19.1. The van der Waals surface area contributed by atoms with Crippen LogP contribution in [0.25, 0.3) is 0 Å². The Hall–Kier alpha value is -2.35. The van der Waals surface area contributed by atoms with Crippen LogP contribution >= 0.6 is 0 Å². The molecule has 2 amide bonds. The SMILES string of the molecule is O=C([C@@H]1C[C@H](Oc2cccc(F)c2)CN1C(=O)O)N1CCCN(C2CCC2)CC1. The van der Waals surface area contributed by atoms with Crippen molar-refractivity contribution in [3.63, 3.8) is 0 Å². The van der Waals surface area contributed by atoms with Crippen molar-refractivity contribution in [3.05, 3.63) is 30.1 Å². The van der Waals surface area contributed by atoms with Gasteiger partial charge in [0.15, 0.2) is 0 Å². The Bertz CT molecular complexity index is 757. The number of benzene rings is 1. The molecule has 2 heterocycles. The molecule has 1 N–H and O–H groups in total. The summed E-state index contributed by atoms with van der Waals surface area (Å²) in [4.78, 5) is 30.4. The summed E-state index contributed by atoms with van der Waals surface area (Å²) in [5.41, 5.74) is 0. The van der Waals surface area contributed by atoms with Crippen LogP contribution in [0.4, 0.5) is 9.18 Å². The summed E-state index contributed by atoms with van der Waals surface area (Å²) in [6.07, 6.45) is 3.35. The summed E-state index contributed by atoms with van der Waals surface area (Å²) in [5, 5.41) is 9.60. The maximum Gasteiger partial charge on any atom is 0.408 e. The molecule has 0 aromatic heterocycles. The topological polar surface area (TPSA) is 73.3 Å². The Labute approximate surface area is 170 Å². The van der Waals surface area contributed by atoms with E-state index in [4.69, 9.17) is 4.74 Å². The van der Waals surface area contributed by atoms with Crippen LogP contribution < -0.4 is 4.74 Å². The summed E-state index contributed by atoms with van der Waals surface area (Å²) in [5.74, 6) is -0.212. The van der Waals surface area contributed by atoms with Crippen molar-refractivity contribution in [1.29, 1.82) is 0 Å². The Kier molecular flexibility index (Phi) is 5.89. The molecule has 0 bridgehead atoms. The van der Waals surface area contributed by atoms with E-state index < -0.39 is 24.1 Å². The molecule has 1 aromatic carbocycles. The first-order chi connectivity index (χ1) is 14.0. The van der Waals surface area contributed by atoms with E-state index in [0.29, 0.717) is 24.9 Å². The van der Waals surface area contributed by atoms with Crippen LogP contribution in [0, 0.1) is 5.82 Å². The van der Waals surface area contributed by atoms with Gasteiger partial charge in [-0.15, -0.1) is 0 Å². The predicted octanol–water partition coefficient (Wildman–Crippen LogP) is 2.41. The molecule has 4 rings (SSSR count). The molecule has 0 spiro atoms. The van der Waals surface area contributed by atoms with Crippen molar-refractivity contribution in [2.24, 2.45) is 0 Å². The van der Waals surface area contributed by atoms with E-state index in [-0.39, 0.29) is 18.9 Å². The van der Waals surface area contributed by atoms with E-state index in [2.05, 4.69) is 4.90 Å². The van der Waals surface area contributed by atoms with E-state index in [1.54, 1.807) is 12.1 Å². The fourth-order valence-electron chi connectivity index (χ4n) is 4.55. The van der Waals surface area contributed by atoms with Gasteiger partial charge in [0.2, 0.25) is 5.91 Å². The van der Waals surface area contributed by atoms with Crippen LogP contribution in [0.1, 0.15) is 32.1 Å². The second-order valence-electron chi connectivity index (χ2n) is 8.18. The first-order valence-electron chi connectivity index (χ1n) is 10.5. The summed E-state index contributed by atoms with van der Waals surface area (Å²) in [6, 6.07) is 5.67. The van der Waals surface area contributed by atoms with Crippen molar-refractivity contribution < 1.29 is 23.8 Å². The van der Waals surface area contributed by atoms with Crippen LogP contribution in [0.15, 0.2) is 24.3 Å². The lowest BCUT2D eigenvalue weighted by molar-refractivity contribution is -0.135. The van der Waals surface area contributed by atoms with Crippen LogP contribution in [0.5, 0.6) is 5.75 Å². The lowest BCUT2D eigenvalue weighted by Gasteiger charge is -2.36. The van der Waals surface area contributed by atoms with Gasteiger partial charge in [-0.2, -0.15) is 0 Å². The number of carbonyl (C=O) groups excluding carboxylic acids is 1. The average Bonchev–Trinajstić information content (AvgIpc) is 2.91. The molecular formula is C21H28FN3O4. The first-order valence-corrected chi connectivity index (χ1v) is 10.5. The number of ether oxygens (including phenoxy) is 1. The summed E-state index contributed by atoms with van der Waals surface area (Å²) < 4.78 is 19.2. The molecule has 8 heteroatoms. The molecule has 2 aliphatic heterocycles. The number of amides is 2. The maximum absolute atomic E-state index is 13.4. The van der Waals surface area contributed by atoms with Crippen molar-refractivity contribution in [2.75, 3.05) is 32.7 Å². The number of carbonyl (C=O) groups is 2. The van der Waals surface area contributed by atoms with Crippen LogP contribution in [0.3, 0.4) is 0 Å². The van der Waals surface area contributed by atoms with Gasteiger partial charge in [-0.25, -0.2) is 9.18 Å². The minimum atomic E-state index is -1.13. The number of hydrogen-bond acceptors (Lipinski definition) is 4. The maximum atomic E-state index is 13.4. The molecule has 3 fully saturated rings. The minimum absolute atomic E-state index is 0.101. The molecule has 3 aliphatic rings. The fourth-order valence-corrected chi connectivity index (χ4v) is 4.55. The number of halogens is 1. The number of rotatable bonds is 4. The molecule has 1 aromatic rings. The lowest BCUT2D eigenvalue weighted by atomic mass is 9.91. The third-order valence-corrected chi connectivity index (χ3v) is 6.33. The number of hydrogen-bond donors (Lipinski definition) is 1. The van der Waals surface area contributed by atoms with Crippen LogP contribution in [-0.4, -0.2) is 82.7 Å². The molecule has 2 saturated heterocycles. The molecule has 29 heavy (non-hydrogen) atoms. The summed E-state index contributed by atoms with van der Waals surface area (Å²) in [7, 11) is 0. The third kappa shape index (κ3) is 4.47. The van der Waals surface area contributed by atoms with Gasteiger partial charge < -0.3 is 14.7 Å². The standard InChI is InChI=1S/C21H28FN3O4/c22-15-4-1-7-17(12-15)29-18-13-19(25(14-18)21(27)28)20(26)24-9-3-8-23(10-11-24)16-5-2-6-16/h1,4,7,12,16,18-19H,2-3,5-6,8-11,13-14H2,(H,27,28)/t18-,19-/m0/s1. The quantitative estimate of drug-likeness (QED) is 0.833. The average molecular weight is 405 g/mol. The zero-order valence-electron chi connectivity index (χ0n) is 16.5. The van der Waals surface area contributed by atoms with Crippen molar-refractivity contribution in [1.82, 2.24) is 14.7 Å². The monoisotopic (exact) mass is 405 g/mol. The highest BCUT2D eigenvalue weighted by molar-refractivity contribution is 5.86. The van der Waals surface area contributed by atoms with E-state index in [1.807, 2.05) is 4.90 Å². The number of carboxylic acid groups (broad SMARTS) is 1. The predicted molar refractivity (Wildman–Crippen MR) is 104 cm³/mol. The zero-order valence-corrected chi connectivity index (χ0v) is 16.5. The van der Waals surface area contributed by atoms with E-state index in [9.17, 15) is 19.1 Å². The molecule has 2 atom stereocenters. The normalized spacial score (nSPS) is 26.1. The second kappa shape index (κ2) is 8.57. The Balaban J connectivity index is 1.40. The smallest absolute Gasteiger partial charge is 0.408 e. The van der Waals surface area contributed by atoms with Crippen LogP contribution in [-0.2, 0) is 4.79 Å². The molecule has 1 aliphatic carbocycles. The molecule has 0 unspecified atom stereocenters. The van der Waals surface area contributed by atoms with Gasteiger partial charge >= 0.3 is 6.09 Å². The zero-order chi connectivity index (χ0) is 20.4. The van der Waals surface area contributed by atoms with Gasteiger partial charge in [0.05, 0.1) is 6.54 Å². The van der Waals surface area contributed by atoms with Gasteiger partial charge in [-0.3, -0.25) is 14.6 Å². The van der Waals surface area contributed by atoms with Gasteiger partial charge in [0.25, 0.3) is 0 Å². The second-order valence-corrected chi connectivity index (χ2v) is 8.18. The van der Waals surface area contributed by atoms with Crippen molar-refractivity contribution in [2.45, 2.75) is 50.3 Å². The Morgan fingerprint density at radius 2 is 1.93 bits per heavy atom. The summed E-state index contributed by atoms with van der Waals surface area (Å²) in [6.45, 7) is 3.23. The molecule has 1 saturated carbocycles. The minimum Gasteiger partial charge on any atom is -0.488 e. The largest absolute Gasteiger partial charge is 0.488 e. The van der Waals surface area contributed by atoms with Gasteiger partial charge in [0, 0.05) is 44.7 Å². The molecule has 158 valence electrons. The van der Waals surface area contributed by atoms with E-state index >= 15 is 0 Å². The van der Waals surface area contributed by atoms with Gasteiger partial charge in [-0.1, -0.05) is 12.5 Å². The number of nitrogens with zero attached hydrogens (tertiary/aromatic N) is 3. The Morgan fingerprint density at radius 1 is 1.10 bits per heavy atom. The fraction of sp³-hybridized carbons (Fsp3) is 0.619. The highest BCUT2D eigenvalue weighted by Gasteiger charge is 2.43. The van der Waals surface area contributed by atoms with Gasteiger partial charge in [0.1, 0.15) is 23.7 Å². The highest BCUT2D eigenvalue weighted by Crippen LogP contribution is 2.27. The van der Waals surface area contributed by atoms with Crippen molar-refractivity contribution in [3.8, 4) is 5.75 Å². The Morgan fingerprint density at radius 3 is 2.62 bits per heavy atom. The molecule has 7 nitrogen and oxygen atoms in total. The summed E-state index contributed by atoms with van der Waals surface area (Å²) >= 11 is 0. The third-order valence-electron chi connectivity index (χ3n) is 6.33.